The average molecular weight is 300 g/mol. The first kappa shape index (κ1) is 16.3. The highest BCUT2D eigenvalue weighted by Crippen LogP contribution is 2.26. The van der Waals surface area contributed by atoms with Crippen molar-refractivity contribution in [3.63, 3.8) is 0 Å². The van der Waals surface area contributed by atoms with Gasteiger partial charge in [-0.25, -0.2) is 0 Å². The summed E-state index contributed by atoms with van der Waals surface area (Å²) in [7, 11) is 0. The zero-order valence-corrected chi connectivity index (χ0v) is 13.3. The van der Waals surface area contributed by atoms with Gasteiger partial charge in [-0.1, -0.05) is 38.6 Å². The SMILES string of the molecule is C=CC(=O)NCc1ccccc1C(=O)N1CCCC1C(C)C. The summed E-state index contributed by atoms with van der Waals surface area (Å²) in [5.41, 5.74) is 1.52. The number of hydrogen-bond acceptors (Lipinski definition) is 2. The lowest BCUT2D eigenvalue weighted by molar-refractivity contribution is -0.116. The molecule has 0 aromatic heterocycles. The maximum absolute atomic E-state index is 12.9. The molecule has 0 spiro atoms. The van der Waals surface area contributed by atoms with E-state index in [1.807, 2.05) is 29.2 Å². The van der Waals surface area contributed by atoms with Gasteiger partial charge in [-0.05, 0) is 36.5 Å². The molecule has 0 bridgehead atoms. The molecule has 2 rings (SSSR count). The molecule has 118 valence electrons. The van der Waals surface area contributed by atoms with Gasteiger partial charge in [0.25, 0.3) is 5.91 Å². The molecule has 1 saturated heterocycles. The third-order valence-electron chi connectivity index (χ3n) is 4.22. The lowest BCUT2D eigenvalue weighted by Gasteiger charge is -2.28. The number of carbonyl (C=O) groups is 2. The summed E-state index contributed by atoms with van der Waals surface area (Å²) >= 11 is 0. The molecule has 1 aromatic rings. The molecule has 1 aliphatic heterocycles. The van der Waals surface area contributed by atoms with Crippen LogP contribution in [0.15, 0.2) is 36.9 Å². The summed E-state index contributed by atoms with van der Waals surface area (Å²) < 4.78 is 0. The van der Waals surface area contributed by atoms with Gasteiger partial charge >= 0.3 is 0 Å². The maximum Gasteiger partial charge on any atom is 0.254 e. The molecule has 22 heavy (non-hydrogen) atoms. The molecule has 0 saturated carbocycles. The zero-order valence-electron chi connectivity index (χ0n) is 13.3. The summed E-state index contributed by atoms with van der Waals surface area (Å²) in [6.07, 6.45) is 3.36. The highest BCUT2D eigenvalue weighted by molar-refractivity contribution is 5.96. The van der Waals surface area contributed by atoms with E-state index in [9.17, 15) is 9.59 Å². The first-order valence-electron chi connectivity index (χ1n) is 7.83. The number of rotatable bonds is 5. The molecule has 1 fully saturated rings. The standard InChI is InChI=1S/C18H24N2O2/c1-4-17(21)19-12-14-8-5-6-9-15(14)18(22)20-11-7-10-16(20)13(2)3/h4-6,8-9,13,16H,1,7,10-12H2,2-3H3,(H,19,21). The van der Waals surface area contributed by atoms with Crippen molar-refractivity contribution >= 4 is 11.8 Å². The first-order chi connectivity index (χ1) is 10.5. The van der Waals surface area contributed by atoms with Gasteiger partial charge in [0.15, 0.2) is 0 Å². The minimum absolute atomic E-state index is 0.0691. The molecule has 4 nitrogen and oxygen atoms in total. The van der Waals surface area contributed by atoms with E-state index in [-0.39, 0.29) is 11.8 Å². The molecule has 4 heteroatoms. The molecule has 0 aliphatic carbocycles. The molecule has 1 aromatic carbocycles. The number of amides is 2. The molecule has 1 heterocycles. The molecule has 1 unspecified atom stereocenters. The van der Waals surface area contributed by atoms with Crippen molar-refractivity contribution in [2.75, 3.05) is 6.54 Å². The Hall–Kier alpha value is -2.10. The Bertz CT molecular complexity index is 566. The van der Waals surface area contributed by atoms with E-state index in [0.717, 1.165) is 24.9 Å². The minimum Gasteiger partial charge on any atom is -0.348 e. The lowest BCUT2D eigenvalue weighted by Crippen LogP contribution is -2.39. The molecular formula is C18H24N2O2. The second-order valence-corrected chi connectivity index (χ2v) is 6.03. The van der Waals surface area contributed by atoms with Gasteiger partial charge in [0, 0.05) is 24.7 Å². The van der Waals surface area contributed by atoms with Crippen molar-refractivity contribution in [1.82, 2.24) is 10.2 Å². The number of nitrogens with one attached hydrogen (secondary N) is 1. The number of nitrogens with zero attached hydrogens (tertiary/aromatic N) is 1. The fraction of sp³-hybridized carbons (Fsp3) is 0.444. The number of carbonyl (C=O) groups excluding carboxylic acids is 2. The van der Waals surface area contributed by atoms with E-state index in [2.05, 4.69) is 25.7 Å². The average Bonchev–Trinajstić information content (AvgIpc) is 3.02. The molecular weight excluding hydrogens is 276 g/mol. The van der Waals surface area contributed by atoms with E-state index < -0.39 is 0 Å². The van der Waals surface area contributed by atoms with Crippen LogP contribution in [0, 0.1) is 5.92 Å². The van der Waals surface area contributed by atoms with Crippen molar-refractivity contribution in [2.45, 2.75) is 39.3 Å². The Morgan fingerprint density at radius 2 is 2.14 bits per heavy atom. The van der Waals surface area contributed by atoms with Crippen molar-refractivity contribution < 1.29 is 9.59 Å². The third kappa shape index (κ3) is 3.56. The summed E-state index contributed by atoms with van der Waals surface area (Å²) in [6.45, 7) is 8.91. The summed E-state index contributed by atoms with van der Waals surface area (Å²) in [4.78, 5) is 26.2. The van der Waals surface area contributed by atoms with Gasteiger partial charge < -0.3 is 10.2 Å². The fourth-order valence-electron chi connectivity index (χ4n) is 3.03. The second kappa shape index (κ2) is 7.25. The quantitative estimate of drug-likeness (QED) is 0.850. The van der Waals surface area contributed by atoms with Gasteiger partial charge in [-0.3, -0.25) is 9.59 Å². The monoisotopic (exact) mass is 300 g/mol. The first-order valence-corrected chi connectivity index (χ1v) is 7.83. The molecule has 1 N–H and O–H groups in total. The van der Waals surface area contributed by atoms with Crippen LogP contribution in [0.4, 0.5) is 0 Å². The van der Waals surface area contributed by atoms with Gasteiger partial charge in [0.05, 0.1) is 0 Å². The van der Waals surface area contributed by atoms with Gasteiger partial charge in [-0.2, -0.15) is 0 Å². The van der Waals surface area contributed by atoms with Crippen molar-refractivity contribution in [1.29, 1.82) is 0 Å². The van der Waals surface area contributed by atoms with Gasteiger partial charge in [-0.15, -0.1) is 0 Å². The second-order valence-electron chi connectivity index (χ2n) is 6.03. The van der Waals surface area contributed by atoms with E-state index >= 15 is 0 Å². The van der Waals surface area contributed by atoms with Crippen LogP contribution in [0.2, 0.25) is 0 Å². The number of benzene rings is 1. The highest BCUT2D eigenvalue weighted by Gasteiger charge is 2.32. The van der Waals surface area contributed by atoms with Gasteiger partial charge in [0.2, 0.25) is 5.91 Å². The van der Waals surface area contributed by atoms with Crippen LogP contribution < -0.4 is 5.32 Å². The predicted molar refractivity (Wildman–Crippen MR) is 87.4 cm³/mol. The van der Waals surface area contributed by atoms with E-state index in [1.54, 1.807) is 0 Å². The minimum atomic E-state index is -0.233. The summed E-state index contributed by atoms with van der Waals surface area (Å²) in [5.74, 6) is 0.294. The van der Waals surface area contributed by atoms with E-state index in [4.69, 9.17) is 0 Å². The number of hydrogen-bond donors (Lipinski definition) is 1. The van der Waals surface area contributed by atoms with Crippen LogP contribution in [0.5, 0.6) is 0 Å². The third-order valence-corrected chi connectivity index (χ3v) is 4.22. The smallest absolute Gasteiger partial charge is 0.254 e. The van der Waals surface area contributed by atoms with Crippen molar-refractivity contribution in [3.8, 4) is 0 Å². The van der Waals surface area contributed by atoms with Crippen LogP contribution >= 0.6 is 0 Å². The zero-order chi connectivity index (χ0) is 16.1. The Balaban J connectivity index is 2.19. The van der Waals surface area contributed by atoms with Crippen molar-refractivity contribution in [2.24, 2.45) is 5.92 Å². The largest absolute Gasteiger partial charge is 0.348 e. The normalized spacial score (nSPS) is 17.6. The predicted octanol–water partition coefficient (Wildman–Crippen LogP) is 2.75. The number of likely N-dealkylation sites (tertiary alicyclic amines) is 1. The highest BCUT2D eigenvalue weighted by atomic mass is 16.2. The summed E-state index contributed by atoms with van der Waals surface area (Å²) in [5, 5.41) is 2.74. The van der Waals surface area contributed by atoms with Crippen molar-refractivity contribution in [3.05, 3.63) is 48.0 Å². The summed E-state index contributed by atoms with van der Waals surface area (Å²) in [6, 6.07) is 7.79. The van der Waals surface area contributed by atoms with Gasteiger partial charge in [0.1, 0.15) is 0 Å². The Kier molecular flexibility index (Phi) is 5.36. The van der Waals surface area contributed by atoms with Crippen LogP contribution in [-0.4, -0.2) is 29.3 Å². The Labute approximate surface area is 132 Å². The van der Waals surface area contributed by atoms with E-state index in [1.165, 1.54) is 6.08 Å². The fourth-order valence-corrected chi connectivity index (χ4v) is 3.03. The van der Waals surface area contributed by atoms with Crippen LogP contribution in [0.25, 0.3) is 0 Å². The molecule has 1 atom stereocenters. The molecule has 0 radical (unpaired) electrons. The molecule has 2 amide bonds. The lowest BCUT2D eigenvalue weighted by atomic mass is 10.0. The van der Waals surface area contributed by atoms with E-state index in [0.29, 0.717) is 24.1 Å². The van der Waals surface area contributed by atoms with Crippen LogP contribution in [0.3, 0.4) is 0 Å². The Morgan fingerprint density at radius 1 is 1.41 bits per heavy atom. The maximum atomic E-state index is 12.9. The van der Waals surface area contributed by atoms with Crippen LogP contribution in [0.1, 0.15) is 42.6 Å². The topological polar surface area (TPSA) is 49.4 Å². The molecule has 1 aliphatic rings. The Morgan fingerprint density at radius 3 is 2.82 bits per heavy atom. The van der Waals surface area contributed by atoms with Crippen LogP contribution in [-0.2, 0) is 11.3 Å².